The molecular weight excluding hydrogens is 440 g/mol. The van der Waals surface area contributed by atoms with Crippen LogP contribution in [0.1, 0.15) is 41.5 Å². The minimum atomic E-state index is 0. The SMILES string of the molecule is CC(C)(C)P[c-]1cccc1.CC(C)(C)P[c-]1cccc1.[Fe+2].[Pd+2]. The van der Waals surface area contributed by atoms with Gasteiger partial charge in [0.15, 0.2) is 0 Å². The van der Waals surface area contributed by atoms with E-state index in [1.165, 1.54) is 10.6 Å². The predicted octanol–water partition coefficient (Wildman–Crippen LogP) is 5.01. The Morgan fingerprint density at radius 1 is 0.591 bits per heavy atom. The molecule has 22 heavy (non-hydrogen) atoms. The molecule has 2 aromatic carbocycles. The van der Waals surface area contributed by atoms with Gasteiger partial charge in [-0.3, -0.25) is 0 Å². The van der Waals surface area contributed by atoms with Gasteiger partial charge < -0.3 is 0 Å². The topological polar surface area (TPSA) is 0 Å². The molecule has 0 amide bonds. The summed E-state index contributed by atoms with van der Waals surface area (Å²) in [7, 11) is 1.88. The molecule has 2 unspecified atom stereocenters. The first-order valence-electron chi connectivity index (χ1n) is 7.15. The van der Waals surface area contributed by atoms with Crippen LogP contribution in [-0.4, -0.2) is 10.3 Å². The monoisotopic (exact) mass is 468 g/mol. The van der Waals surface area contributed by atoms with Crippen LogP contribution in [-0.2, 0) is 37.5 Å². The third-order valence-corrected chi connectivity index (χ3v) is 5.11. The maximum absolute atomic E-state index is 2.28. The molecule has 0 aliphatic rings. The summed E-state index contributed by atoms with van der Waals surface area (Å²) >= 11 is 0. The summed E-state index contributed by atoms with van der Waals surface area (Å²) in [6, 6.07) is 17.2. The van der Waals surface area contributed by atoms with E-state index in [1.807, 2.05) is 0 Å². The molecule has 0 aromatic heterocycles. The molecule has 0 spiro atoms. The van der Waals surface area contributed by atoms with E-state index < -0.39 is 0 Å². The van der Waals surface area contributed by atoms with Crippen LogP contribution in [0, 0.1) is 0 Å². The fourth-order valence-corrected chi connectivity index (χ4v) is 4.23. The third-order valence-electron chi connectivity index (χ3n) is 2.36. The van der Waals surface area contributed by atoms with Gasteiger partial charge in [0.2, 0.25) is 0 Å². The fourth-order valence-electron chi connectivity index (χ4n) is 1.78. The maximum atomic E-state index is 2.28. The molecule has 0 bridgehead atoms. The predicted molar refractivity (Wildman–Crippen MR) is 99.5 cm³/mol. The Labute approximate surface area is 165 Å². The molecule has 2 aromatic rings. The minimum Gasteiger partial charge on any atom is -0.213 e. The number of hydrogen-bond donors (Lipinski definition) is 0. The molecule has 0 nitrogen and oxygen atoms in total. The van der Waals surface area contributed by atoms with Gasteiger partial charge in [-0.1, -0.05) is 41.5 Å². The molecule has 0 heterocycles. The van der Waals surface area contributed by atoms with Gasteiger partial charge in [-0.05, 0) is 10.3 Å². The molecule has 0 N–H and O–H groups in total. The van der Waals surface area contributed by atoms with Crippen molar-refractivity contribution in [2.75, 3.05) is 0 Å². The molecule has 0 fully saturated rings. The molecule has 0 aliphatic carbocycles. The molecule has 0 aliphatic heterocycles. The Kier molecular flexibility index (Phi) is 12.9. The van der Waals surface area contributed by atoms with E-state index in [1.54, 1.807) is 0 Å². The van der Waals surface area contributed by atoms with Crippen molar-refractivity contribution in [3.63, 3.8) is 0 Å². The second kappa shape index (κ2) is 11.3. The second-order valence-electron chi connectivity index (χ2n) is 7.10. The van der Waals surface area contributed by atoms with Gasteiger partial charge in [-0.15, -0.1) is 27.8 Å². The first kappa shape index (κ1) is 25.0. The van der Waals surface area contributed by atoms with Crippen molar-refractivity contribution in [2.24, 2.45) is 0 Å². The average Bonchev–Trinajstić information content (AvgIpc) is 2.87. The Balaban J connectivity index is 0. The summed E-state index contributed by atoms with van der Waals surface area (Å²) in [6.07, 6.45) is 0. The summed E-state index contributed by atoms with van der Waals surface area (Å²) in [5.41, 5.74) is 0. The van der Waals surface area contributed by atoms with E-state index in [0.717, 1.165) is 17.2 Å². The van der Waals surface area contributed by atoms with Crippen molar-refractivity contribution in [3.8, 4) is 0 Å². The van der Waals surface area contributed by atoms with Crippen LogP contribution in [0.15, 0.2) is 48.5 Å². The fraction of sp³-hybridized carbons (Fsp3) is 0.444. The zero-order valence-electron chi connectivity index (χ0n) is 14.3. The van der Waals surface area contributed by atoms with E-state index in [-0.39, 0.29) is 37.5 Å². The molecule has 126 valence electrons. The molecular formula is C18H28FeP2Pd+2. The van der Waals surface area contributed by atoms with Crippen LogP contribution < -0.4 is 10.6 Å². The smallest absolute Gasteiger partial charge is 0.213 e. The molecule has 2 rings (SSSR count). The van der Waals surface area contributed by atoms with Crippen molar-refractivity contribution in [3.05, 3.63) is 48.5 Å². The second-order valence-corrected chi connectivity index (χ2v) is 11.8. The Morgan fingerprint density at radius 2 is 0.818 bits per heavy atom. The molecule has 2 atom stereocenters. The molecule has 4 heteroatoms. The van der Waals surface area contributed by atoms with Crippen molar-refractivity contribution < 1.29 is 37.5 Å². The van der Waals surface area contributed by atoms with E-state index >= 15 is 0 Å². The van der Waals surface area contributed by atoms with Gasteiger partial charge in [0.05, 0.1) is 0 Å². The zero-order chi connectivity index (χ0) is 15.2. The summed E-state index contributed by atoms with van der Waals surface area (Å²) in [6.45, 7) is 13.7. The first-order chi connectivity index (χ1) is 9.16. The van der Waals surface area contributed by atoms with Gasteiger partial charge in [0, 0.05) is 0 Å². The summed E-state index contributed by atoms with van der Waals surface area (Å²) in [4.78, 5) is 0. The molecule has 0 radical (unpaired) electrons. The van der Waals surface area contributed by atoms with Crippen molar-refractivity contribution in [1.29, 1.82) is 0 Å². The quantitative estimate of drug-likeness (QED) is 0.330. The standard InChI is InChI=1S/2C9H14P.Fe.Pd/c2*1-9(2,3)10-8-6-4-5-7-8;;/h2*4-7,10H,1-3H3;;/q2*-1;2*+2. The summed E-state index contributed by atoms with van der Waals surface area (Å²) in [5, 5.41) is 3.86. The van der Waals surface area contributed by atoms with Crippen LogP contribution in [0.4, 0.5) is 0 Å². The van der Waals surface area contributed by atoms with E-state index in [2.05, 4.69) is 90.1 Å². The van der Waals surface area contributed by atoms with Gasteiger partial charge in [-0.2, -0.15) is 24.3 Å². The van der Waals surface area contributed by atoms with E-state index in [4.69, 9.17) is 0 Å². The van der Waals surface area contributed by atoms with Crippen LogP contribution in [0.5, 0.6) is 0 Å². The third kappa shape index (κ3) is 13.2. The largest absolute Gasteiger partial charge is 2.00 e. The van der Waals surface area contributed by atoms with Crippen LogP contribution in [0.3, 0.4) is 0 Å². The average molecular weight is 469 g/mol. The number of hydrogen-bond acceptors (Lipinski definition) is 0. The maximum Gasteiger partial charge on any atom is 2.00 e. The Bertz CT molecular complexity index is 416. The van der Waals surface area contributed by atoms with E-state index in [9.17, 15) is 0 Å². The number of rotatable bonds is 2. The zero-order valence-corrected chi connectivity index (χ0v) is 18.9. The summed E-state index contributed by atoms with van der Waals surface area (Å²) < 4.78 is 0. The van der Waals surface area contributed by atoms with Gasteiger partial charge in [0.1, 0.15) is 0 Å². The van der Waals surface area contributed by atoms with E-state index in [0.29, 0.717) is 10.3 Å². The van der Waals surface area contributed by atoms with Crippen molar-refractivity contribution >= 4 is 27.8 Å². The Hall–Kier alpha value is 0.742. The van der Waals surface area contributed by atoms with Gasteiger partial charge in [0.25, 0.3) is 0 Å². The molecule has 0 saturated heterocycles. The van der Waals surface area contributed by atoms with Crippen molar-refractivity contribution in [2.45, 2.75) is 51.9 Å². The van der Waals surface area contributed by atoms with Crippen LogP contribution in [0.25, 0.3) is 0 Å². The summed E-state index contributed by atoms with van der Waals surface area (Å²) in [5.74, 6) is 0. The normalized spacial score (nSPS) is 11.9. The first-order valence-corrected chi connectivity index (χ1v) is 9.15. The molecule has 0 saturated carbocycles. The Morgan fingerprint density at radius 3 is 1.00 bits per heavy atom. The van der Waals surface area contributed by atoms with Crippen LogP contribution in [0.2, 0.25) is 0 Å². The van der Waals surface area contributed by atoms with Gasteiger partial charge in [-0.25, -0.2) is 24.3 Å². The minimum absolute atomic E-state index is 0. The van der Waals surface area contributed by atoms with Gasteiger partial charge >= 0.3 is 37.5 Å². The van der Waals surface area contributed by atoms with Crippen LogP contribution >= 0.6 is 17.2 Å². The van der Waals surface area contributed by atoms with Crippen molar-refractivity contribution in [1.82, 2.24) is 0 Å².